The topological polar surface area (TPSA) is 12.0 Å². The zero-order valence-corrected chi connectivity index (χ0v) is 7.61. The fourth-order valence-electron chi connectivity index (χ4n) is 1.06. The summed E-state index contributed by atoms with van der Waals surface area (Å²) < 4.78 is 25.5. The molecule has 0 unspecified atom stereocenters. The molecule has 1 aromatic carbocycles. The fraction of sp³-hybridized carbons (Fsp3) is 0.400. The molecule has 1 rings (SSSR count). The molecule has 1 N–H and O–H groups in total. The molecule has 0 saturated carbocycles. The lowest BCUT2D eigenvalue weighted by atomic mass is 10.2. The maximum Gasteiger partial charge on any atom is 0.130 e. The summed E-state index contributed by atoms with van der Waals surface area (Å²) in [5.74, 6) is -1.01. The maximum atomic E-state index is 13.0. The molecule has 72 valence electrons. The average Bonchev–Trinajstić information content (AvgIpc) is 2.09. The highest BCUT2D eigenvalue weighted by molar-refractivity contribution is 5.18. The highest BCUT2D eigenvalue weighted by Crippen LogP contribution is 2.08. The van der Waals surface area contributed by atoms with E-state index in [1.54, 1.807) is 0 Å². The first-order valence-corrected chi connectivity index (χ1v) is 4.38. The van der Waals surface area contributed by atoms with E-state index in [1.165, 1.54) is 12.1 Å². The van der Waals surface area contributed by atoms with Crippen molar-refractivity contribution in [1.29, 1.82) is 0 Å². The molecule has 0 heterocycles. The van der Waals surface area contributed by atoms with Crippen LogP contribution in [0.1, 0.15) is 18.9 Å². The SMILES string of the molecule is CCCNCc1ccc(F)cc1F. The summed E-state index contributed by atoms with van der Waals surface area (Å²) in [6, 6.07) is 3.64. The molecule has 0 amide bonds. The summed E-state index contributed by atoms with van der Waals surface area (Å²) in [5, 5.41) is 3.05. The summed E-state index contributed by atoms with van der Waals surface area (Å²) in [6.45, 7) is 3.34. The van der Waals surface area contributed by atoms with Crippen molar-refractivity contribution in [3.8, 4) is 0 Å². The van der Waals surface area contributed by atoms with Gasteiger partial charge < -0.3 is 5.32 Å². The summed E-state index contributed by atoms with van der Waals surface area (Å²) in [6.07, 6.45) is 1.00. The monoisotopic (exact) mass is 185 g/mol. The van der Waals surface area contributed by atoms with E-state index in [2.05, 4.69) is 5.32 Å². The first-order chi connectivity index (χ1) is 6.24. The van der Waals surface area contributed by atoms with Gasteiger partial charge in [0.05, 0.1) is 0 Å². The zero-order chi connectivity index (χ0) is 9.68. The van der Waals surface area contributed by atoms with Crippen LogP contribution in [-0.4, -0.2) is 6.54 Å². The Hall–Kier alpha value is -0.960. The lowest BCUT2D eigenvalue weighted by Gasteiger charge is -2.04. The van der Waals surface area contributed by atoms with E-state index in [-0.39, 0.29) is 0 Å². The Morgan fingerprint density at radius 2 is 2.08 bits per heavy atom. The molecule has 0 radical (unpaired) electrons. The van der Waals surface area contributed by atoms with Crippen molar-refractivity contribution >= 4 is 0 Å². The van der Waals surface area contributed by atoms with Gasteiger partial charge in [0.15, 0.2) is 0 Å². The van der Waals surface area contributed by atoms with Gasteiger partial charge in [-0.25, -0.2) is 8.78 Å². The molecule has 0 aliphatic carbocycles. The molecule has 0 fully saturated rings. The third kappa shape index (κ3) is 3.11. The molecule has 0 aliphatic heterocycles. The van der Waals surface area contributed by atoms with Crippen LogP contribution in [0, 0.1) is 11.6 Å². The van der Waals surface area contributed by atoms with Gasteiger partial charge in [-0.05, 0) is 19.0 Å². The van der Waals surface area contributed by atoms with Gasteiger partial charge in [0.2, 0.25) is 0 Å². The molecular weight excluding hydrogens is 172 g/mol. The van der Waals surface area contributed by atoms with E-state index in [0.29, 0.717) is 12.1 Å². The second-order valence-electron chi connectivity index (χ2n) is 2.91. The van der Waals surface area contributed by atoms with Gasteiger partial charge in [0.25, 0.3) is 0 Å². The number of hydrogen-bond donors (Lipinski definition) is 1. The van der Waals surface area contributed by atoms with Crippen molar-refractivity contribution in [2.24, 2.45) is 0 Å². The van der Waals surface area contributed by atoms with Crippen molar-refractivity contribution in [1.82, 2.24) is 5.32 Å². The molecule has 13 heavy (non-hydrogen) atoms. The lowest BCUT2D eigenvalue weighted by Crippen LogP contribution is -2.14. The van der Waals surface area contributed by atoms with E-state index in [4.69, 9.17) is 0 Å². The van der Waals surface area contributed by atoms with Crippen molar-refractivity contribution in [3.05, 3.63) is 35.4 Å². The molecule has 3 heteroatoms. The Morgan fingerprint density at radius 3 is 2.69 bits per heavy atom. The van der Waals surface area contributed by atoms with Gasteiger partial charge >= 0.3 is 0 Å². The molecule has 0 saturated heterocycles. The Morgan fingerprint density at radius 1 is 1.31 bits per heavy atom. The van der Waals surface area contributed by atoms with E-state index in [0.717, 1.165) is 19.0 Å². The third-order valence-electron chi connectivity index (χ3n) is 1.76. The molecule has 0 bridgehead atoms. The Bertz CT molecular complexity index is 274. The standard InChI is InChI=1S/C10H13F2N/c1-2-5-13-7-8-3-4-9(11)6-10(8)12/h3-4,6,13H,2,5,7H2,1H3. The van der Waals surface area contributed by atoms with Crippen LogP contribution in [0.3, 0.4) is 0 Å². The van der Waals surface area contributed by atoms with Gasteiger partial charge in [-0.15, -0.1) is 0 Å². The quantitative estimate of drug-likeness (QED) is 0.710. The lowest BCUT2D eigenvalue weighted by molar-refractivity contribution is 0.559. The van der Waals surface area contributed by atoms with Crippen LogP contribution < -0.4 is 5.32 Å². The second-order valence-corrected chi connectivity index (χ2v) is 2.91. The first kappa shape index (κ1) is 10.1. The normalized spacial score (nSPS) is 10.4. The van der Waals surface area contributed by atoms with Crippen molar-refractivity contribution in [2.75, 3.05) is 6.54 Å². The minimum Gasteiger partial charge on any atom is -0.313 e. The van der Waals surface area contributed by atoms with Crippen LogP contribution in [0.4, 0.5) is 8.78 Å². The van der Waals surface area contributed by atoms with Gasteiger partial charge in [-0.3, -0.25) is 0 Å². The number of halogens is 2. The second kappa shape index (κ2) is 4.92. The van der Waals surface area contributed by atoms with Crippen LogP contribution in [0.5, 0.6) is 0 Å². The smallest absolute Gasteiger partial charge is 0.130 e. The molecule has 0 spiro atoms. The number of nitrogens with one attached hydrogen (secondary N) is 1. The van der Waals surface area contributed by atoms with Crippen molar-refractivity contribution in [3.63, 3.8) is 0 Å². The number of rotatable bonds is 4. The summed E-state index contributed by atoms with van der Waals surface area (Å²) in [5.41, 5.74) is 0.509. The van der Waals surface area contributed by atoms with Crippen LogP contribution >= 0.6 is 0 Å². The molecule has 0 atom stereocenters. The number of hydrogen-bond acceptors (Lipinski definition) is 1. The molecule has 0 aliphatic rings. The summed E-state index contributed by atoms with van der Waals surface area (Å²) in [7, 11) is 0. The van der Waals surface area contributed by atoms with Crippen molar-refractivity contribution in [2.45, 2.75) is 19.9 Å². The van der Waals surface area contributed by atoms with E-state index in [9.17, 15) is 8.78 Å². The maximum absolute atomic E-state index is 13.0. The summed E-state index contributed by atoms with van der Waals surface area (Å²) >= 11 is 0. The predicted molar refractivity (Wildman–Crippen MR) is 48.4 cm³/mol. The third-order valence-corrected chi connectivity index (χ3v) is 1.76. The van der Waals surface area contributed by atoms with E-state index >= 15 is 0 Å². The zero-order valence-electron chi connectivity index (χ0n) is 7.61. The molecule has 1 nitrogen and oxygen atoms in total. The first-order valence-electron chi connectivity index (χ1n) is 4.38. The largest absolute Gasteiger partial charge is 0.313 e. The Labute approximate surface area is 76.8 Å². The Kier molecular flexibility index (Phi) is 3.83. The molecule has 0 aromatic heterocycles. The highest BCUT2D eigenvalue weighted by atomic mass is 19.1. The van der Waals surface area contributed by atoms with Crippen LogP contribution in [0.25, 0.3) is 0 Å². The van der Waals surface area contributed by atoms with Gasteiger partial charge in [-0.2, -0.15) is 0 Å². The molecule has 1 aromatic rings. The van der Waals surface area contributed by atoms with Crippen LogP contribution in [0.15, 0.2) is 18.2 Å². The van der Waals surface area contributed by atoms with Gasteiger partial charge in [0.1, 0.15) is 11.6 Å². The minimum atomic E-state index is -0.531. The summed E-state index contributed by atoms with van der Waals surface area (Å²) in [4.78, 5) is 0. The van der Waals surface area contributed by atoms with E-state index in [1.807, 2.05) is 6.92 Å². The van der Waals surface area contributed by atoms with Gasteiger partial charge in [-0.1, -0.05) is 13.0 Å². The van der Waals surface area contributed by atoms with Gasteiger partial charge in [0, 0.05) is 18.2 Å². The van der Waals surface area contributed by atoms with Crippen molar-refractivity contribution < 1.29 is 8.78 Å². The highest BCUT2D eigenvalue weighted by Gasteiger charge is 2.01. The Balaban J connectivity index is 2.56. The van der Waals surface area contributed by atoms with Crippen LogP contribution in [-0.2, 0) is 6.54 Å². The average molecular weight is 185 g/mol. The predicted octanol–water partition coefficient (Wildman–Crippen LogP) is 2.46. The molecular formula is C10H13F2N. The minimum absolute atomic E-state index is 0.458. The number of benzene rings is 1. The van der Waals surface area contributed by atoms with Crippen LogP contribution in [0.2, 0.25) is 0 Å². The fourth-order valence-corrected chi connectivity index (χ4v) is 1.06. The van der Waals surface area contributed by atoms with E-state index < -0.39 is 11.6 Å².